The Bertz CT molecular complexity index is 818. The van der Waals surface area contributed by atoms with Crippen LogP contribution in [0.1, 0.15) is 44.2 Å². The molecule has 8 nitrogen and oxygen atoms in total. The Morgan fingerprint density at radius 1 is 1.10 bits per heavy atom. The number of pyridine rings is 2. The molecular weight excluding hydrogens is 378 g/mol. The fourth-order valence-electron chi connectivity index (χ4n) is 2.89. The highest BCUT2D eigenvalue weighted by molar-refractivity contribution is 5.94. The maximum Gasteiger partial charge on any atom is 0.222 e. The van der Waals surface area contributed by atoms with Gasteiger partial charge in [-0.2, -0.15) is 5.26 Å². The van der Waals surface area contributed by atoms with Crippen molar-refractivity contribution in [3.63, 3.8) is 0 Å². The number of aromatic nitrogens is 2. The number of hydrogen-bond donors (Lipinski definition) is 2. The van der Waals surface area contributed by atoms with Crippen molar-refractivity contribution in [2.75, 3.05) is 18.9 Å². The zero-order valence-corrected chi connectivity index (χ0v) is 17.4. The van der Waals surface area contributed by atoms with Crippen molar-refractivity contribution in [3.8, 4) is 6.19 Å². The van der Waals surface area contributed by atoms with Gasteiger partial charge >= 0.3 is 0 Å². The summed E-state index contributed by atoms with van der Waals surface area (Å²) >= 11 is 0. The quantitative estimate of drug-likeness (QED) is 0.256. The molecule has 2 heterocycles. The Balaban J connectivity index is 1.53. The van der Waals surface area contributed by atoms with E-state index in [0.29, 0.717) is 18.9 Å². The minimum absolute atomic E-state index is 0.155. The normalized spacial score (nSPS) is 10.9. The van der Waals surface area contributed by atoms with Gasteiger partial charge in [-0.1, -0.05) is 25.3 Å². The number of nitrogens with one attached hydrogen (secondary N) is 2. The number of rotatable bonds is 11. The summed E-state index contributed by atoms with van der Waals surface area (Å²) in [6.07, 6.45) is 12.5. The lowest BCUT2D eigenvalue weighted by Crippen LogP contribution is -2.31. The molecule has 0 aliphatic rings. The number of nitriles is 1. The predicted molar refractivity (Wildman–Crippen MR) is 117 cm³/mol. The molecule has 0 saturated heterocycles. The Morgan fingerprint density at radius 3 is 2.60 bits per heavy atom. The molecule has 0 spiro atoms. The molecule has 0 radical (unpaired) electrons. The molecule has 0 unspecified atom stereocenters. The highest BCUT2D eigenvalue weighted by Crippen LogP contribution is 2.08. The summed E-state index contributed by atoms with van der Waals surface area (Å²) in [5.41, 5.74) is 1.72. The molecule has 2 rings (SSSR count). The lowest BCUT2D eigenvalue weighted by atomic mass is 10.1. The highest BCUT2D eigenvalue weighted by atomic mass is 16.2. The second kappa shape index (κ2) is 13.7. The van der Waals surface area contributed by atoms with Crippen molar-refractivity contribution in [1.29, 1.82) is 5.26 Å². The zero-order chi connectivity index (χ0) is 21.4. The highest BCUT2D eigenvalue weighted by Gasteiger charge is 2.09. The maximum absolute atomic E-state index is 12.2. The van der Waals surface area contributed by atoms with Crippen LogP contribution in [0.15, 0.2) is 53.9 Å². The smallest absolute Gasteiger partial charge is 0.222 e. The number of carbonyl (C=O) groups excluding carboxylic acids is 1. The van der Waals surface area contributed by atoms with Crippen LogP contribution in [0.4, 0.5) is 5.69 Å². The Kier molecular flexibility index (Phi) is 10.4. The van der Waals surface area contributed by atoms with Crippen LogP contribution >= 0.6 is 0 Å². The van der Waals surface area contributed by atoms with Crippen molar-refractivity contribution >= 4 is 17.6 Å². The van der Waals surface area contributed by atoms with Gasteiger partial charge in [-0.15, -0.1) is 4.99 Å². The van der Waals surface area contributed by atoms with Gasteiger partial charge in [0.05, 0.1) is 12.2 Å². The van der Waals surface area contributed by atoms with Crippen LogP contribution in [0, 0.1) is 11.5 Å². The van der Waals surface area contributed by atoms with Crippen molar-refractivity contribution < 1.29 is 4.79 Å². The monoisotopic (exact) mass is 407 g/mol. The van der Waals surface area contributed by atoms with Gasteiger partial charge in [0.1, 0.15) is 0 Å². The molecule has 2 aromatic heterocycles. The van der Waals surface area contributed by atoms with Gasteiger partial charge in [0.25, 0.3) is 0 Å². The number of nitrogens with zero attached hydrogens (tertiary/aromatic N) is 5. The Labute approximate surface area is 178 Å². The fraction of sp³-hybridized carbons (Fsp3) is 0.409. The molecule has 2 aromatic rings. The summed E-state index contributed by atoms with van der Waals surface area (Å²) in [6, 6.07) is 9.35. The molecule has 0 fully saturated rings. The third kappa shape index (κ3) is 9.15. The van der Waals surface area contributed by atoms with E-state index in [1.807, 2.05) is 37.4 Å². The Hall–Kier alpha value is -3.47. The number of anilines is 1. The molecule has 0 aromatic carbocycles. The molecule has 0 aliphatic carbocycles. The summed E-state index contributed by atoms with van der Waals surface area (Å²) in [7, 11) is 1.82. The number of aliphatic imine (C=N–C) groups is 1. The molecule has 2 N–H and O–H groups in total. The second-order valence-electron chi connectivity index (χ2n) is 6.94. The summed E-state index contributed by atoms with van der Waals surface area (Å²) < 4.78 is 0. The lowest BCUT2D eigenvalue weighted by Gasteiger charge is -2.16. The summed E-state index contributed by atoms with van der Waals surface area (Å²) in [6.45, 7) is 1.27. The summed E-state index contributed by atoms with van der Waals surface area (Å²) in [5, 5.41) is 15.0. The van der Waals surface area contributed by atoms with Gasteiger partial charge in [-0.05, 0) is 37.1 Å². The number of amides is 1. The SMILES string of the molecule is CN(Cc1ccccn1)C(=O)CCCCCCCN/C(=N\C#N)Nc1ccncc1. The van der Waals surface area contributed by atoms with Crippen LogP contribution < -0.4 is 10.6 Å². The van der Waals surface area contributed by atoms with E-state index in [4.69, 9.17) is 5.26 Å². The fourth-order valence-corrected chi connectivity index (χ4v) is 2.89. The summed E-state index contributed by atoms with van der Waals surface area (Å²) in [4.78, 5) is 25.9. The van der Waals surface area contributed by atoms with E-state index in [1.165, 1.54) is 0 Å². The average Bonchev–Trinajstić information content (AvgIpc) is 2.77. The van der Waals surface area contributed by atoms with Crippen LogP contribution in [-0.2, 0) is 11.3 Å². The minimum atomic E-state index is 0.155. The first kappa shape index (κ1) is 22.8. The van der Waals surface area contributed by atoms with Crippen LogP contribution in [-0.4, -0.2) is 40.3 Å². The number of guanidine groups is 1. The first-order chi connectivity index (χ1) is 14.7. The molecule has 0 atom stereocenters. The van der Waals surface area contributed by atoms with E-state index in [9.17, 15) is 4.79 Å². The summed E-state index contributed by atoms with van der Waals surface area (Å²) in [5.74, 6) is 0.590. The molecule has 8 heteroatoms. The van der Waals surface area contributed by atoms with Crippen molar-refractivity contribution in [2.24, 2.45) is 4.99 Å². The lowest BCUT2D eigenvalue weighted by molar-refractivity contribution is -0.130. The first-order valence-corrected chi connectivity index (χ1v) is 10.2. The van der Waals surface area contributed by atoms with E-state index < -0.39 is 0 Å². The van der Waals surface area contributed by atoms with Gasteiger partial charge in [0.15, 0.2) is 0 Å². The van der Waals surface area contributed by atoms with E-state index in [1.54, 1.807) is 29.7 Å². The zero-order valence-electron chi connectivity index (χ0n) is 17.4. The van der Waals surface area contributed by atoms with Crippen LogP contribution in [0.25, 0.3) is 0 Å². The van der Waals surface area contributed by atoms with E-state index in [2.05, 4.69) is 25.6 Å². The first-order valence-electron chi connectivity index (χ1n) is 10.2. The van der Waals surface area contributed by atoms with Gasteiger partial charge < -0.3 is 15.5 Å². The minimum Gasteiger partial charge on any atom is -0.355 e. The molecule has 0 aliphatic heterocycles. The standard InChI is InChI=1S/C22H29N7O/c1-29(17-20-9-6-8-13-25-20)21(30)10-5-3-2-4-7-14-26-22(27-18-23)28-19-11-15-24-16-12-19/h6,8-9,11-13,15-16H,2-5,7,10,14,17H2,1H3,(H2,24,26,27,28). The van der Waals surface area contributed by atoms with E-state index in [0.717, 1.165) is 50.0 Å². The van der Waals surface area contributed by atoms with Crippen LogP contribution in [0.3, 0.4) is 0 Å². The molecule has 30 heavy (non-hydrogen) atoms. The molecule has 1 amide bonds. The van der Waals surface area contributed by atoms with Crippen LogP contribution in [0.2, 0.25) is 0 Å². The third-order valence-electron chi connectivity index (χ3n) is 4.52. The van der Waals surface area contributed by atoms with Crippen LogP contribution in [0.5, 0.6) is 0 Å². The van der Waals surface area contributed by atoms with Crippen molar-refractivity contribution in [1.82, 2.24) is 20.2 Å². The van der Waals surface area contributed by atoms with Gasteiger partial charge in [0.2, 0.25) is 18.1 Å². The number of hydrogen-bond acceptors (Lipinski definition) is 5. The van der Waals surface area contributed by atoms with E-state index >= 15 is 0 Å². The number of carbonyl (C=O) groups is 1. The molecule has 0 saturated carbocycles. The third-order valence-corrected chi connectivity index (χ3v) is 4.52. The van der Waals surface area contributed by atoms with Crippen molar-refractivity contribution in [2.45, 2.75) is 45.1 Å². The number of unbranched alkanes of at least 4 members (excludes halogenated alkanes) is 4. The largest absolute Gasteiger partial charge is 0.355 e. The topological polar surface area (TPSA) is 106 Å². The van der Waals surface area contributed by atoms with Gasteiger partial charge in [0, 0.05) is 44.3 Å². The Morgan fingerprint density at radius 2 is 1.87 bits per heavy atom. The molecular formula is C22H29N7O. The molecule has 158 valence electrons. The average molecular weight is 408 g/mol. The molecule has 0 bridgehead atoms. The second-order valence-corrected chi connectivity index (χ2v) is 6.94. The van der Waals surface area contributed by atoms with Gasteiger partial charge in [-0.3, -0.25) is 14.8 Å². The van der Waals surface area contributed by atoms with E-state index in [-0.39, 0.29) is 5.91 Å². The van der Waals surface area contributed by atoms with Crippen molar-refractivity contribution in [3.05, 3.63) is 54.6 Å². The van der Waals surface area contributed by atoms with Gasteiger partial charge in [-0.25, -0.2) is 0 Å². The maximum atomic E-state index is 12.2. The predicted octanol–water partition coefficient (Wildman–Crippen LogP) is 3.31.